The number of rotatable bonds is 4. The molecule has 2 rings (SSSR count). The largest absolute Gasteiger partial charge is 0.493 e. The lowest BCUT2D eigenvalue weighted by Gasteiger charge is -2.16. The molecule has 18 heavy (non-hydrogen) atoms. The Balaban J connectivity index is 2.36. The summed E-state index contributed by atoms with van der Waals surface area (Å²) < 4.78 is 12.5. The normalized spacial score (nSPS) is 23.6. The van der Waals surface area contributed by atoms with Crippen LogP contribution in [-0.4, -0.2) is 35.4 Å². The molecular formula is C13H20N2O3. The van der Waals surface area contributed by atoms with Gasteiger partial charge in [-0.3, -0.25) is 9.48 Å². The molecule has 0 radical (unpaired) electrons. The van der Waals surface area contributed by atoms with E-state index in [0.717, 1.165) is 6.42 Å². The summed E-state index contributed by atoms with van der Waals surface area (Å²) >= 11 is 0. The number of nitrogens with zero attached hydrogens (tertiary/aromatic N) is 2. The van der Waals surface area contributed by atoms with Crippen molar-refractivity contribution in [2.75, 3.05) is 13.7 Å². The maximum atomic E-state index is 12.6. The third kappa shape index (κ3) is 2.14. The molecule has 100 valence electrons. The van der Waals surface area contributed by atoms with Gasteiger partial charge in [-0.2, -0.15) is 5.10 Å². The minimum absolute atomic E-state index is 0.0250. The van der Waals surface area contributed by atoms with Crippen molar-refractivity contribution in [3.63, 3.8) is 0 Å². The first-order chi connectivity index (χ1) is 8.56. The molecule has 0 bridgehead atoms. The minimum Gasteiger partial charge on any atom is -0.493 e. The molecule has 1 aromatic rings. The molecule has 0 aliphatic carbocycles. The fourth-order valence-corrected chi connectivity index (χ4v) is 2.29. The summed E-state index contributed by atoms with van der Waals surface area (Å²) in [5, 5.41) is 4.22. The number of ether oxygens (including phenoxy) is 2. The Labute approximate surface area is 107 Å². The van der Waals surface area contributed by atoms with E-state index >= 15 is 0 Å². The molecule has 0 N–H and O–H groups in total. The maximum absolute atomic E-state index is 12.6. The summed E-state index contributed by atoms with van der Waals surface area (Å²) in [4.78, 5) is 12.6. The lowest BCUT2D eigenvalue weighted by Crippen LogP contribution is -2.28. The van der Waals surface area contributed by atoms with Crippen LogP contribution >= 0.6 is 0 Å². The lowest BCUT2D eigenvalue weighted by atomic mass is 9.98. The third-order valence-corrected chi connectivity index (χ3v) is 3.35. The van der Waals surface area contributed by atoms with Crippen LogP contribution < -0.4 is 4.74 Å². The van der Waals surface area contributed by atoms with Crippen LogP contribution in [0.5, 0.6) is 5.75 Å². The smallest absolute Gasteiger partial charge is 0.213 e. The van der Waals surface area contributed by atoms with Crippen molar-refractivity contribution < 1.29 is 14.3 Å². The Kier molecular flexibility index (Phi) is 3.71. The molecule has 1 fully saturated rings. The van der Waals surface area contributed by atoms with E-state index in [9.17, 15) is 4.79 Å². The van der Waals surface area contributed by atoms with Crippen molar-refractivity contribution in [3.05, 3.63) is 11.9 Å². The third-order valence-electron chi connectivity index (χ3n) is 3.35. The summed E-state index contributed by atoms with van der Waals surface area (Å²) in [5.41, 5.74) is 0.520. The SMILES string of the molecule is COc1cnn(C(C)C)c1C(=O)C1OCCC1C. The van der Waals surface area contributed by atoms with Crippen LogP contribution in [0.1, 0.15) is 43.7 Å². The van der Waals surface area contributed by atoms with E-state index in [1.165, 1.54) is 0 Å². The summed E-state index contributed by atoms with van der Waals surface area (Å²) in [6.07, 6.45) is 2.15. The second-order valence-corrected chi connectivity index (χ2v) is 5.02. The van der Waals surface area contributed by atoms with Gasteiger partial charge in [0.15, 0.2) is 5.75 Å². The predicted molar refractivity (Wildman–Crippen MR) is 67.0 cm³/mol. The van der Waals surface area contributed by atoms with E-state index in [4.69, 9.17) is 9.47 Å². The summed E-state index contributed by atoms with van der Waals surface area (Å²) in [6, 6.07) is 0.115. The number of Topliss-reactive ketones (excluding diaryl/α,β-unsaturated/α-hetero) is 1. The van der Waals surface area contributed by atoms with Crippen LogP contribution in [0.4, 0.5) is 0 Å². The summed E-state index contributed by atoms with van der Waals surface area (Å²) in [5.74, 6) is 0.747. The van der Waals surface area contributed by atoms with E-state index in [2.05, 4.69) is 5.10 Å². The molecule has 1 aliphatic rings. The van der Waals surface area contributed by atoms with Gasteiger partial charge in [0, 0.05) is 12.6 Å². The van der Waals surface area contributed by atoms with Crippen LogP contribution in [0.25, 0.3) is 0 Å². The molecule has 2 unspecified atom stereocenters. The van der Waals surface area contributed by atoms with E-state index in [0.29, 0.717) is 18.1 Å². The average molecular weight is 252 g/mol. The van der Waals surface area contributed by atoms with Crippen molar-refractivity contribution in [2.24, 2.45) is 5.92 Å². The first-order valence-corrected chi connectivity index (χ1v) is 6.33. The van der Waals surface area contributed by atoms with E-state index in [1.807, 2.05) is 20.8 Å². The molecule has 0 saturated carbocycles. The zero-order chi connectivity index (χ0) is 13.3. The number of carbonyl (C=O) groups is 1. The van der Waals surface area contributed by atoms with E-state index < -0.39 is 0 Å². The van der Waals surface area contributed by atoms with Gasteiger partial charge in [-0.15, -0.1) is 0 Å². The van der Waals surface area contributed by atoms with Crippen molar-refractivity contribution in [3.8, 4) is 5.75 Å². The van der Waals surface area contributed by atoms with Gasteiger partial charge in [0.05, 0.1) is 13.3 Å². The van der Waals surface area contributed by atoms with Crippen LogP contribution in [0.15, 0.2) is 6.20 Å². The van der Waals surface area contributed by atoms with E-state index in [1.54, 1.807) is 18.0 Å². The molecule has 2 heterocycles. The molecule has 1 aliphatic heterocycles. The number of methoxy groups -OCH3 is 1. The van der Waals surface area contributed by atoms with Crippen LogP contribution in [0.2, 0.25) is 0 Å². The fraction of sp³-hybridized carbons (Fsp3) is 0.692. The molecule has 5 nitrogen and oxygen atoms in total. The maximum Gasteiger partial charge on any atom is 0.213 e. The molecule has 2 atom stereocenters. The van der Waals surface area contributed by atoms with Crippen LogP contribution in [0.3, 0.4) is 0 Å². The highest BCUT2D eigenvalue weighted by Crippen LogP contribution is 2.28. The zero-order valence-electron chi connectivity index (χ0n) is 11.3. The van der Waals surface area contributed by atoms with Gasteiger partial charge in [0.1, 0.15) is 11.8 Å². The highest BCUT2D eigenvalue weighted by atomic mass is 16.5. The molecule has 1 saturated heterocycles. The van der Waals surface area contributed by atoms with Crippen LogP contribution in [-0.2, 0) is 4.74 Å². The van der Waals surface area contributed by atoms with Crippen molar-refractivity contribution in [1.82, 2.24) is 9.78 Å². The monoisotopic (exact) mass is 252 g/mol. The highest BCUT2D eigenvalue weighted by molar-refractivity contribution is 6.00. The number of hydrogen-bond donors (Lipinski definition) is 0. The number of aromatic nitrogens is 2. The van der Waals surface area contributed by atoms with Gasteiger partial charge in [-0.1, -0.05) is 6.92 Å². The Morgan fingerprint density at radius 1 is 1.61 bits per heavy atom. The second kappa shape index (κ2) is 5.10. The Morgan fingerprint density at radius 2 is 2.33 bits per heavy atom. The predicted octanol–water partition coefficient (Wildman–Crippen LogP) is 2.08. The van der Waals surface area contributed by atoms with Gasteiger partial charge in [-0.05, 0) is 26.2 Å². The van der Waals surface area contributed by atoms with Gasteiger partial charge >= 0.3 is 0 Å². The second-order valence-electron chi connectivity index (χ2n) is 5.02. The lowest BCUT2D eigenvalue weighted by molar-refractivity contribution is 0.0564. The molecule has 5 heteroatoms. The number of hydrogen-bond acceptors (Lipinski definition) is 4. The molecule has 0 amide bonds. The van der Waals surface area contributed by atoms with Gasteiger partial charge in [-0.25, -0.2) is 0 Å². The minimum atomic E-state index is -0.368. The molecule has 0 spiro atoms. The summed E-state index contributed by atoms with van der Waals surface area (Å²) in [6.45, 7) is 6.66. The quantitative estimate of drug-likeness (QED) is 0.770. The van der Waals surface area contributed by atoms with E-state index in [-0.39, 0.29) is 23.8 Å². The van der Waals surface area contributed by atoms with Crippen molar-refractivity contribution >= 4 is 5.78 Å². The topological polar surface area (TPSA) is 53.4 Å². The van der Waals surface area contributed by atoms with Crippen molar-refractivity contribution in [1.29, 1.82) is 0 Å². The van der Waals surface area contributed by atoms with Crippen LogP contribution in [0, 0.1) is 5.92 Å². The van der Waals surface area contributed by atoms with Crippen molar-refractivity contribution in [2.45, 2.75) is 39.3 Å². The first kappa shape index (κ1) is 13.1. The highest BCUT2D eigenvalue weighted by Gasteiger charge is 2.35. The number of carbonyl (C=O) groups excluding carboxylic acids is 1. The molecular weight excluding hydrogens is 232 g/mol. The van der Waals surface area contributed by atoms with Gasteiger partial charge in [0.25, 0.3) is 0 Å². The van der Waals surface area contributed by atoms with Gasteiger partial charge < -0.3 is 9.47 Å². The first-order valence-electron chi connectivity index (χ1n) is 6.33. The Bertz CT molecular complexity index is 439. The fourth-order valence-electron chi connectivity index (χ4n) is 2.29. The Morgan fingerprint density at radius 3 is 2.83 bits per heavy atom. The molecule has 1 aromatic heterocycles. The van der Waals surface area contributed by atoms with Gasteiger partial charge in [0.2, 0.25) is 5.78 Å². The molecule has 0 aromatic carbocycles. The Hall–Kier alpha value is -1.36. The zero-order valence-corrected chi connectivity index (χ0v) is 11.3. The number of ketones is 1. The summed E-state index contributed by atoms with van der Waals surface area (Å²) in [7, 11) is 1.55. The standard InChI is InChI=1S/C13H20N2O3/c1-8(2)15-11(10(17-4)7-14-15)12(16)13-9(3)5-6-18-13/h7-9,13H,5-6H2,1-4H3. The average Bonchev–Trinajstić information content (AvgIpc) is 2.93.